The highest BCUT2D eigenvalue weighted by molar-refractivity contribution is 4.67. The topological polar surface area (TPSA) is 24.5 Å². The summed E-state index contributed by atoms with van der Waals surface area (Å²) in [5.41, 5.74) is 0. The lowest BCUT2D eigenvalue weighted by atomic mass is 10.0. The first-order valence-electron chi connectivity index (χ1n) is 6.76. The summed E-state index contributed by atoms with van der Waals surface area (Å²) in [6.07, 6.45) is 2.46. The van der Waals surface area contributed by atoms with Crippen LogP contribution in [0.3, 0.4) is 0 Å². The van der Waals surface area contributed by atoms with Gasteiger partial charge in [-0.2, -0.15) is 0 Å². The van der Waals surface area contributed by atoms with Crippen LogP contribution >= 0.6 is 0 Å². The van der Waals surface area contributed by atoms with Crippen LogP contribution in [0.25, 0.3) is 0 Å². The molecule has 0 bridgehead atoms. The first kappa shape index (κ1) is 13.9. The number of hydrogen-bond acceptors (Lipinski definition) is 3. The Kier molecular flexibility index (Phi) is 7.01. The number of nitrogens with one attached hydrogen (secondary N) is 1. The van der Waals surface area contributed by atoms with Gasteiger partial charge in [0, 0.05) is 32.3 Å². The second kappa shape index (κ2) is 8.04. The minimum Gasteiger partial charge on any atom is -0.381 e. The van der Waals surface area contributed by atoms with Gasteiger partial charge < -0.3 is 10.1 Å². The van der Waals surface area contributed by atoms with Gasteiger partial charge in [0.25, 0.3) is 0 Å². The molecular formula is C13H28N2O. The molecule has 0 spiro atoms. The lowest BCUT2D eigenvalue weighted by molar-refractivity contribution is 0.0661. The second-order valence-corrected chi connectivity index (χ2v) is 4.98. The summed E-state index contributed by atoms with van der Waals surface area (Å²) >= 11 is 0. The van der Waals surface area contributed by atoms with Gasteiger partial charge in [-0.3, -0.25) is 4.90 Å². The highest BCUT2D eigenvalue weighted by Crippen LogP contribution is 2.12. The van der Waals surface area contributed by atoms with Crippen LogP contribution in [0.2, 0.25) is 0 Å². The lowest BCUT2D eigenvalue weighted by Gasteiger charge is -2.26. The molecule has 0 unspecified atom stereocenters. The molecule has 1 fully saturated rings. The molecule has 16 heavy (non-hydrogen) atoms. The molecule has 96 valence electrons. The average Bonchev–Trinajstić information content (AvgIpc) is 2.30. The average molecular weight is 228 g/mol. The summed E-state index contributed by atoms with van der Waals surface area (Å²) in [6.45, 7) is 13.3. The van der Waals surface area contributed by atoms with Gasteiger partial charge in [0.1, 0.15) is 0 Å². The molecule has 1 saturated heterocycles. The fourth-order valence-corrected chi connectivity index (χ4v) is 2.26. The zero-order valence-corrected chi connectivity index (χ0v) is 11.2. The fraction of sp³-hybridized carbons (Fsp3) is 1.00. The number of hydrogen-bond donors (Lipinski definition) is 1. The predicted octanol–water partition coefficient (Wildman–Crippen LogP) is 1.73. The smallest absolute Gasteiger partial charge is 0.0469 e. The van der Waals surface area contributed by atoms with Gasteiger partial charge in [0.15, 0.2) is 0 Å². The van der Waals surface area contributed by atoms with Crippen LogP contribution in [-0.4, -0.2) is 50.3 Å². The third-order valence-corrected chi connectivity index (χ3v) is 3.49. The van der Waals surface area contributed by atoms with E-state index in [0.717, 1.165) is 38.8 Å². The fourth-order valence-electron chi connectivity index (χ4n) is 2.26. The van der Waals surface area contributed by atoms with Gasteiger partial charge in [0.2, 0.25) is 0 Å². The lowest BCUT2D eigenvalue weighted by Crippen LogP contribution is -2.38. The van der Waals surface area contributed by atoms with Crippen molar-refractivity contribution in [1.82, 2.24) is 10.2 Å². The van der Waals surface area contributed by atoms with Gasteiger partial charge in [-0.15, -0.1) is 0 Å². The Morgan fingerprint density at radius 1 is 1.31 bits per heavy atom. The van der Waals surface area contributed by atoms with Crippen molar-refractivity contribution in [2.75, 3.05) is 39.4 Å². The zero-order chi connectivity index (χ0) is 11.8. The summed E-state index contributed by atoms with van der Waals surface area (Å²) in [5.74, 6) is 0.836. The quantitative estimate of drug-likeness (QED) is 0.672. The third kappa shape index (κ3) is 5.28. The number of rotatable bonds is 7. The van der Waals surface area contributed by atoms with Crippen LogP contribution in [0, 0.1) is 5.92 Å². The Morgan fingerprint density at radius 3 is 2.56 bits per heavy atom. The summed E-state index contributed by atoms with van der Waals surface area (Å²) in [5, 5.41) is 3.58. The normalized spacial score (nSPS) is 18.6. The van der Waals surface area contributed by atoms with Crippen molar-refractivity contribution in [2.45, 2.75) is 39.7 Å². The van der Waals surface area contributed by atoms with E-state index in [9.17, 15) is 0 Å². The molecular weight excluding hydrogens is 200 g/mol. The zero-order valence-electron chi connectivity index (χ0n) is 11.2. The molecule has 0 saturated carbocycles. The van der Waals surface area contributed by atoms with Gasteiger partial charge in [-0.05, 0) is 45.7 Å². The van der Waals surface area contributed by atoms with Crippen molar-refractivity contribution in [3.8, 4) is 0 Å². The molecule has 1 N–H and O–H groups in total. The molecule has 0 aromatic carbocycles. The van der Waals surface area contributed by atoms with E-state index < -0.39 is 0 Å². The van der Waals surface area contributed by atoms with E-state index in [2.05, 4.69) is 31.0 Å². The minimum absolute atomic E-state index is 0.662. The maximum atomic E-state index is 5.36. The van der Waals surface area contributed by atoms with Gasteiger partial charge in [0.05, 0.1) is 0 Å². The Hall–Kier alpha value is -0.120. The summed E-state index contributed by atoms with van der Waals surface area (Å²) in [6, 6.07) is 0.662. The highest BCUT2D eigenvalue weighted by atomic mass is 16.5. The van der Waals surface area contributed by atoms with Crippen LogP contribution in [-0.2, 0) is 4.74 Å². The monoisotopic (exact) mass is 228 g/mol. The molecule has 0 aliphatic carbocycles. The minimum atomic E-state index is 0.662. The molecule has 3 heteroatoms. The first-order chi connectivity index (χ1) is 7.74. The molecule has 1 aliphatic rings. The van der Waals surface area contributed by atoms with Crippen molar-refractivity contribution >= 4 is 0 Å². The van der Waals surface area contributed by atoms with E-state index >= 15 is 0 Å². The predicted molar refractivity (Wildman–Crippen MR) is 68.8 cm³/mol. The van der Waals surface area contributed by atoms with Crippen molar-refractivity contribution < 1.29 is 4.74 Å². The van der Waals surface area contributed by atoms with Gasteiger partial charge >= 0.3 is 0 Å². The number of likely N-dealkylation sites (N-methyl/N-ethyl adjacent to an activating group) is 1. The van der Waals surface area contributed by atoms with E-state index in [0.29, 0.717) is 6.04 Å². The molecule has 0 atom stereocenters. The van der Waals surface area contributed by atoms with E-state index in [4.69, 9.17) is 4.74 Å². The Labute approximate surface area is 101 Å². The van der Waals surface area contributed by atoms with E-state index in [-0.39, 0.29) is 0 Å². The van der Waals surface area contributed by atoms with Crippen LogP contribution in [0.5, 0.6) is 0 Å². The van der Waals surface area contributed by atoms with Crippen LogP contribution in [0.1, 0.15) is 33.6 Å². The van der Waals surface area contributed by atoms with Gasteiger partial charge in [-0.1, -0.05) is 6.92 Å². The Balaban J connectivity index is 2.01. The molecule has 0 amide bonds. The van der Waals surface area contributed by atoms with E-state index in [1.54, 1.807) is 0 Å². The molecule has 3 nitrogen and oxygen atoms in total. The molecule has 1 aliphatic heterocycles. The van der Waals surface area contributed by atoms with Crippen LogP contribution < -0.4 is 5.32 Å². The standard InChI is InChI=1S/C13H28N2O/c1-4-15(12(2)3)8-7-14-11-13-5-9-16-10-6-13/h12-14H,4-11H2,1-3H3. The van der Waals surface area contributed by atoms with Crippen molar-refractivity contribution in [2.24, 2.45) is 5.92 Å². The summed E-state index contributed by atoms with van der Waals surface area (Å²) in [4.78, 5) is 2.50. The number of ether oxygens (including phenoxy) is 1. The SMILES string of the molecule is CCN(CCNCC1CCOCC1)C(C)C. The maximum Gasteiger partial charge on any atom is 0.0469 e. The number of nitrogens with zero attached hydrogens (tertiary/aromatic N) is 1. The molecule has 0 radical (unpaired) electrons. The van der Waals surface area contributed by atoms with Crippen molar-refractivity contribution in [1.29, 1.82) is 0 Å². The largest absolute Gasteiger partial charge is 0.381 e. The molecule has 0 aromatic rings. The van der Waals surface area contributed by atoms with Crippen molar-refractivity contribution in [3.05, 3.63) is 0 Å². The van der Waals surface area contributed by atoms with E-state index in [1.807, 2.05) is 0 Å². The summed E-state index contributed by atoms with van der Waals surface area (Å²) in [7, 11) is 0. The maximum absolute atomic E-state index is 5.36. The Morgan fingerprint density at radius 2 is 2.00 bits per heavy atom. The Bertz CT molecular complexity index is 167. The third-order valence-electron chi connectivity index (χ3n) is 3.49. The molecule has 1 heterocycles. The highest BCUT2D eigenvalue weighted by Gasteiger charge is 2.13. The summed E-state index contributed by atoms with van der Waals surface area (Å²) < 4.78 is 5.36. The molecule has 0 aromatic heterocycles. The van der Waals surface area contributed by atoms with Crippen LogP contribution in [0.15, 0.2) is 0 Å². The van der Waals surface area contributed by atoms with E-state index in [1.165, 1.54) is 19.4 Å². The molecule has 1 rings (SSSR count). The van der Waals surface area contributed by atoms with Gasteiger partial charge in [-0.25, -0.2) is 0 Å². The first-order valence-corrected chi connectivity index (χ1v) is 6.76. The van der Waals surface area contributed by atoms with Crippen LogP contribution in [0.4, 0.5) is 0 Å². The van der Waals surface area contributed by atoms with Crippen molar-refractivity contribution in [3.63, 3.8) is 0 Å². The second-order valence-electron chi connectivity index (χ2n) is 4.98.